The van der Waals surface area contributed by atoms with Gasteiger partial charge in [0.25, 0.3) is 0 Å². The molecule has 0 amide bonds. The molecule has 0 aliphatic heterocycles. The Morgan fingerprint density at radius 2 is 1.27 bits per heavy atom. The summed E-state index contributed by atoms with van der Waals surface area (Å²) in [6.45, 7) is 0. The first-order valence-electron chi connectivity index (χ1n) is 7.80. The van der Waals surface area contributed by atoms with Crippen LogP contribution in [0.4, 0.5) is 0 Å². The second-order valence-electron chi connectivity index (χ2n) is 5.48. The molecule has 112 valence electrons. The van der Waals surface area contributed by atoms with E-state index < -0.39 is 0 Å². The quantitative estimate of drug-likeness (QED) is 0.812. The molecule has 0 aromatic carbocycles. The van der Waals surface area contributed by atoms with Gasteiger partial charge in [-0.25, -0.2) is 0 Å². The molecule has 0 bridgehead atoms. The van der Waals surface area contributed by atoms with Crippen LogP contribution < -0.4 is 0 Å². The summed E-state index contributed by atoms with van der Waals surface area (Å²) in [6, 6.07) is 12.2. The molecule has 0 N–H and O–H groups in total. The summed E-state index contributed by atoms with van der Waals surface area (Å²) in [5, 5.41) is 0. The van der Waals surface area contributed by atoms with Gasteiger partial charge in [0.1, 0.15) is 0 Å². The predicted octanol–water partition coefficient (Wildman–Crippen LogP) is 3.33. The lowest BCUT2D eigenvalue weighted by atomic mass is 9.91. The molecule has 2 unspecified atom stereocenters. The summed E-state index contributed by atoms with van der Waals surface area (Å²) in [6.07, 6.45) is 12.0. The molecule has 2 aromatic rings. The molecular formula is C18H20N4. The highest BCUT2D eigenvalue weighted by Gasteiger charge is 2.23. The summed E-state index contributed by atoms with van der Waals surface area (Å²) >= 11 is 0. The molecule has 3 rings (SSSR count). The third-order valence-electron chi connectivity index (χ3n) is 3.87. The topological polar surface area (TPSA) is 50.5 Å². The monoisotopic (exact) mass is 292 g/mol. The van der Waals surface area contributed by atoms with Crippen LogP contribution in [0.5, 0.6) is 0 Å². The molecule has 1 aliphatic carbocycles. The van der Waals surface area contributed by atoms with E-state index in [4.69, 9.17) is 9.98 Å². The van der Waals surface area contributed by atoms with E-state index in [1.807, 2.05) is 48.8 Å². The van der Waals surface area contributed by atoms with Gasteiger partial charge in [-0.1, -0.05) is 25.0 Å². The van der Waals surface area contributed by atoms with Gasteiger partial charge in [0.05, 0.1) is 23.5 Å². The van der Waals surface area contributed by atoms with Crippen molar-refractivity contribution in [1.29, 1.82) is 0 Å². The first-order chi connectivity index (χ1) is 10.9. The summed E-state index contributed by atoms with van der Waals surface area (Å²) in [7, 11) is 0. The maximum Gasteiger partial charge on any atom is 0.0807 e. The van der Waals surface area contributed by atoms with E-state index in [0.717, 1.165) is 24.2 Å². The molecule has 0 radical (unpaired) electrons. The molecule has 2 atom stereocenters. The molecule has 1 fully saturated rings. The van der Waals surface area contributed by atoms with Gasteiger partial charge in [-0.3, -0.25) is 20.0 Å². The molecule has 22 heavy (non-hydrogen) atoms. The highest BCUT2D eigenvalue weighted by molar-refractivity contribution is 5.77. The first-order valence-corrected chi connectivity index (χ1v) is 7.80. The number of aromatic nitrogens is 2. The minimum Gasteiger partial charge on any atom is -0.285 e. The van der Waals surface area contributed by atoms with Crippen molar-refractivity contribution in [3.63, 3.8) is 0 Å². The van der Waals surface area contributed by atoms with Crippen LogP contribution in [0.2, 0.25) is 0 Å². The number of hydrogen-bond donors (Lipinski definition) is 0. The second kappa shape index (κ2) is 7.59. The van der Waals surface area contributed by atoms with Crippen molar-refractivity contribution >= 4 is 12.4 Å². The molecule has 2 aromatic heterocycles. The van der Waals surface area contributed by atoms with Crippen LogP contribution in [0.25, 0.3) is 0 Å². The van der Waals surface area contributed by atoms with Gasteiger partial charge in [-0.15, -0.1) is 0 Å². The number of rotatable bonds is 4. The Kier molecular flexibility index (Phi) is 5.03. The highest BCUT2D eigenvalue weighted by atomic mass is 14.9. The van der Waals surface area contributed by atoms with Gasteiger partial charge in [-0.2, -0.15) is 0 Å². The van der Waals surface area contributed by atoms with Crippen molar-refractivity contribution < 1.29 is 0 Å². The predicted molar refractivity (Wildman–Crippen MR) is 89.7 cm³/mol. The van der Waals surface area contributed by atoms with Crippen molar-refractivity contribution in [1.82, 2.24) is 9.97 Å². The Morgan fingerprint density at radius 3 is 1.68 bits per heavy atom. The molecule has 4 heteroatoms. The van der Waals surface area contributed by atoms with Crippen LogP contribution in [-0.4, -0.2) is 34.5 Å². The van der Waals surface area contributed by atoms with Crippen LogP contribution in [-0.2, 0) is 0 Å². The average Bonchev–Trinajstić information content (AvgIpc) is 2.61. The zero-order valence-corrected chi connectivity index (χ0v) is 12.5. The number of aliphatic imine (C=N–C) groups is 2. The third kappa shape index (κ3) is 4.07. The van der Waals surface area contributed by atoms with Crippen molar-refractivity contribution in [2.24, 2.45) is 9.98 Å². The summed E-state index contributed by atoms with van der Waals surface area (Å²) < 4.78 is 0. The normalized spacial score (nSPS) is 22.4. The summed E-state index contributed by atoms with van der Waals surface area (Å²) in [5.74, 6) is 0. The van der Waals surface area contributed by atoms with E-state index >= 15 is 0 Å². The largest absolute Gasteiger partial charge is 0.285 e. The van der Waals surface area contributed by atoms with Crippen LogP contribution in [0, 0.1) is 0 Å². The fourth-order valence-electron chi connectivity index (χ4n) is 2.69. The van der Waals surface area contributed by atoms with E-state index in [2.05, 4.69) is 9.97 Å². The fourth-order valence-corrected chi connectivity index (χ4v) is 2.69. The van der Waals surface area contributed by atoms with Crippen LogP contribution >= 0.6 is 0 Å². The molecule has 0 saturated heterocycles. The van der Waals surface area contributed by atoms with Crippen LogP contribution in [0.3, 0.4) is 0 Å². The van der Waals surface area contributed by atoms with Gasteiger partial charge in [0.15, 0.2) is 0 Å². The lowest BCUT2D eigenvalue weighted by Gasteiger charge is -2.25. The Morgan fingerprint density at radius 1 is 0.773 bits per heavy atom. The van der Waals surface area contributed by atoms with E-state index in [1.165, 1.54) is 12.8 Å². The Hall–Kier alpha value is -2.36. The minimum atomic E-state index is 0.246. The lowest BCUT2D eigenvalue weighted by molar-refractivity contribution is 0.390. The fraction of sp³-hybridized carbons (Fsp3) is 0.333. The van der Waals surface area contributed by atoms with E-state index in [1.54, 1.807) is 12.4 Å². The molecule has 4 nitrogen and oxygen atoms in total. The molecular weight excluding hydrogens is 272 g/mol. The summed E-state index contributed by atoms with van der Waals surface area (Å²) in [5.41, 5.74) is 1.81. The van der Waals surface area contributed by atoms with Gasteiger partial charge < -0.3 is 0 Å². The first kappa shape index (κ1) is 14.6. The SMILES string of the molecule is C(=NC1CCCCC1N=Cc1ccccn1)c1ccccn1. The van der Waals surface area contributed by atoms with E-state index in [0.29, 0.717) is 0 Å². The number of pyridine rings is 2. The Balaban J connectivity index is 1.69. The standard InChI is InChI=1S/C18H20N4/c1-2-10-18(22-14-16-8-4-6-12-20-16)17(9-1)21-13-15-7-3-5-11-19-15/h3-8,11-14,17-18H,1-2,9-10H2. The Bertz CT molecular complexity index is 565. The van der Waals surface area contributed by atoms with Crippen LogP contribution in [0.1, 0.15) is 37.1 Å². The second-order valence-corrected chi connectivity index (χ2v) is 5.48. The molecule has 1 aliphatic rings. The molecule has 1 saturated carbocycles. The zero-order valence-electron chi connectivity index (χ0n) is 12.5. The van der Waals surface area contributed by atoms with Crippen molar-refractivity contribution in [2.45, 2.75) is 37.8 Å². The lowest BCUT2D eigenvalue weighted by Crippen LogP contribution is -2.27. The summed E-state index contributed by atoms with van der Waals surface area (Å²) in [4.78, 5) is 18.0. The van der Waals surface area contributed by atoms with Crippen molar-refractivity contribution in [2.75, 3.05) is 0 Å². The number of nitrogens with zero attached hydrogens (tertiary/aromatic N) is 4. The van der Waals surface area contributed by atoms with Crippen LogP contribution in [0.15, 0.2) is 58.8 Å². The van der Waals surface area contributed by atoms with Gasteiger partial charge >= 0.3 is 0 Å². The van der Waals surface area contributed by atoms with Gasteiger partial charge in [-0.05, 0) is 37.1 Å². The molecule has 0 spiro atoms. The maximum atomic E-state index is 4.73. The number of hydrogen-bond acceptors (Lipinski definition) is 4. The Labute approximate surface area is 131 Å². The van der Waals surface area contributed by atoms with E-state index in [9.17, 15) is 0 Å². The van der Waals surface area contributed by atoms with Crippen molar-refractivity contribution in [3.05, 3.63) is 60.2 Å². The maximum absolute atomic E-state index is 4.73. The van der Waals surface area contributed by atoms with Crippen molar-refractivity contribution in [3.8, 4) is 0 Å². The molecule has 2 heterocycles. The van der Waals surface area contributed by atoms with Gasteiger partial charge in [0, 0.05) is 24.8 Å². The average molecular weight is 292 g/mol. The van der Waals surface area contributed by atoms with E-state index in [-0.39, 0.29) is 12.1 Å². The zero-order chi connectivity index (χ0) is 15.0. The van der Waals surface area contributed by atoms with Gasteiger partial charge in [0.2, 0.25) is 0 Å². The minimum absolute atomic E-state index is 0.246. The third-order valence-corrected chi connectivity index (χ3v) is 3.87. The smallest absolute Gasteiger partial charge is 0.0807 e. The highest BCUT2D eigenvalue weighted by Crippen LogP contribution is 2.23.